The van der Waals surface area contributed by atoms with Gasteiger partial charge in [-0.15, -0.1) is 0 Å². The van der Waals surface area contributed by atoms with Crippen LogP contribution < -0.4 is 5.32 Å². The number of amides is 1. The Morgan fingerprint density at radius 1 is 1.73 bits per heavy atom. The largest absolute Gasteiger partial charge is 0.465 e. The van der Waals surface area contributed by atoms with Crippen molar-refractivity contribution in [2.45, 2.75) is 25.6 Å². The standard InChI is InChI=1S/C6H12FNO3/c1-6(2,11)4(7)3-8-5(9)10/h4,8,11H,3H2,1-2H3,(H,9,10). The number of halogens is 1. The summed E-state index contributed by atoms with van der Waals surface area (Å²) < 4.78 is 12.7. The molecule has 0 rings (SSSR count). The second-order valence-electron chi connectivity index (χ2n) is 2.81. The summed E-state index contributed by atoms with van der Waals surface area (Å²) in [5, 5.41) is 18.9. The molecule has 11 heavy (non-hydrogen) atoms. The second kappa shape index (κ2) is 3.52. The molecule has 0 saturated heterocycles. The fourth-order valence-electron chi connectivity index (χ4n) is 0.427. The molecule has 1 atom stereocenters. The number of hydrogen-bond acceptors (Lipinski definition) is 2. The summed E-state index contributed by atoms with van der Waals surface area (Å²) in [6, 6.07) is 0. The minimum atomic E-state index is -1.58. The lowest BCUT2D eigenvalue weighted by atomic mass is 10.0. The maximum atomic E-state index is 12.7. The van der Waals surface area contributed by atoms with Crippen molar-refractivity contribution in [3.8, 4) is 0 Å². The van der Waals surface area contributed by atoms with Gasteiger partial charge in [0.05, 0.1) is 12.1 Å². The van der Waals surface area contributed by atoms with Crippen molar-refractivity contribution in [2.75, 3.05) is 6.54 Å². The molecule has 0 aromatic carbocycles. The van der Waals surface area contributed by atoms with E-state index < -0.39 is 24.4 Å². The highest BCUT2D eigenvalue weighted by Gasteiger charge is 2.26. The summed E-state index contributed by atoms with van der Waals surface area (Å²) in [7, 11) is 0. The van der Waals surface area contributed by atoms with Gasteiger partial charge in [0.2, 0.25) is 0 Å². The van der Waals surface area contributed by atoms with Crippen LogP contribution in [0.5, 0.6) is 0 Å². The van der Waals surface area contributed by atoms with Crippen molar-refractivity contribution in [3.63, 3.8) is 0 Å². The van der Waals surface area contributed by atoms with Crippen LogP contribution in [-0.4, -0.2) is 34.6 Å². The molecule has 0 aromatic rings. The zero-order valence-corrected chi connectivity index (χ0v) is 6.47. The first kappa shape index (κ1) is 10.2. The zero-order valence-electron chi connectivity index (χ0n) is 6.47. The molecule has 0 saturated carbocycles. The third-order valence-corrected chi connectivity index (χ3v) is 1.20. The van der Waals surface area contributed by atoms with Gasteiger partial charge >= 0.3 is 6.09 Å². The topological polar surface area (TPSA) is 69.6 Å². The SMILES string of the molecule is CC(C)(O)C(F)CNC(=O)O. The number of hydrogen-bond donors (Lipinski definition) is 3. The van der Waals surface area contributed by atoms with Gasteiger partial charge in [0.15, 0.2) is 0 Å². The summed E-state index contributed by atoms with van der Waals surface area (Å²) >= 11 is 0. The normalized spacial score (nSPS) is 14.2. The van der Waals surface area contributed by atoms with Crippen molar-refractivity contribution >= 4 is 6.09 Å². The Morgan fingerprint density at radius 3 is 2.45 bits per heavy atom. The Bertz CT molecular complexity index is 143. The molecule has 5 heteroatoms. The Kier molecular flexibility index (Phi) is 3.25. The minimum absolute atomic E-state index is 0.390. The van der Waals surface area contributed by atoms with Crippen LogP contribution in [0.25, 0.3) is 0 Å². The fourth-order valence-corrected chi connectivity index (χ4v) is 0.427. The van der Waals surface area contributed by atoms with Gasteiger partial charge in [0, 0.05) is 0 Å². The van der Waals surface area contributed by atoms with E-state index >= 15 is 0 Å². The Labute approximate surface area is 64.0 Å². The molecular formula is C6H12FNO3. The van der Waals surface area contributed by atoms with Crippen LogP contribution in [0.1, 0.15) is 13.8 Å². The van der Waals surface area contributed by atoms with Crippen LogP contribution in [0.3, 0.4) is 0 Å². The predicted molar refractivity (Wildman–Crippen MR) is 37.2 cm³/mol. The van der Waals surface area contributed by atoms with Crippen LogP contribution in [0, 0.1) is 0 Å². The summed E-state index contributed by atoms with van der Waals surface area (Å²) in [6.07, 6.45) is -2.88. The third kappa shape index (κ3) is 4.55. The number of nitrogens with one attached hydrogen (secondary N) is 1. The third-order valence-electron chi connectivity index (χ3n) is 1.20. The van der Waals surface area contributed by atoms with Crippen molar-refractivity contribution in [3.05, 3.63) is 0 Å². The lowest BCUT2D eigenvalue weighted by molar-refractivity contribution is -0.00168. The quantitative estimate of drug-likeness (QED) is 0.565. The molecule has 0 radical (unpaired) electrons. The average molecular weight is 165 g/mol. The molecule has 4 nitrogen and oxygen atoms in total. The summed E-state index contributed by atoms with van der Waals surface area (Å²) in [5.41, 5.74) is -1.50. The van der Waals surface area contributed by atoms with E-state index in [-0.39, 0.29) is 0 Å². The van der Waals surface area contributed by atoms with Crippen LogP contribution >= 0.6 is 0 Å². The van der Waals surface area contributed by atoms with E-state index in [1.54, 1.807) is 0 Å². The Hall–Kier alpha value is -0.840. The maximum Gasteiger partial charge on any atom is 0.404 e. The van der Waals surface area contributed by atoms with E-state index in [4.69, 9.17) is 10.2 Å². The first-order valence-electron chi connectivity index (χ1n) is 3.17. The summed E-state index contributed by atoms with van der Waals surface area (Å²) in [6.45, 7) is 2.17. The number of alkyl halides is 1. The van der Waals surface area contributed by atoms with Gasteiger partial charge in [-0.05, 0) is 13.8 Å². The molecule has 0 heterocycles. The predicted octanol–water partition coefficient (Wildman–Crippen LogP) is 0.363. The van der Waals surface area contributed by atoms with E-state index in [9.17, 15) is 9.18 Å². The van der Waals surface area contributed by atoms with Gasteiger partial charge in [-0.25, -0.2) is 9.18 Å². The molecule has 1 amide bonds. The average Bonchev–Trinajstić information content (AvgIpc) is 1.80. The number of carboxylic acid groups (broad SMARTS) is 1. The van der Waals surface area contributed by atoms with Gasteiger partial charge in [-0.2, -0.15) is 0 Å². The van der Waals surface area contributed by atoms with Crippen LogP contribution in [0.15, 0.2) is 0 Å². The van der Waals surface area contributed by atoms with Crippen LogP contribution in [-0.2, 0) is 0 Å². The molecule has 0 spiro atoms. The van der Waals surface area contributed by atoms with Gasteiger partial charge in [0.1, 0.15) is 6.17 Å². The molecule has 0 bridgehead atoms. The van der Waals surface area contributed by atoms with Gasteiger partial charge in [0.25, 0.3) is 0 Å². The van der Waals surface area contributed by atoms with E-state index in [1.165, 1.54) is 13.8 Å². The summed E-state index contributed by atoms with van der Waals surface area (Å²) in [4.78, 5) is 9.87. The second-order valence-corrected chi connectivity index (χ2v) is 2.81. The smallest absolute Gasteiger partial charge is 0.404 e. The number of aliphatic hydroxyl groups is 1. The molecule has 1 unspecified atom stereocenters. The molecule has 66 valence electrons. The molecule has 0 aliphatic carbocycles. The van der Waals surface area contributed by atoms with E-state index in [2.05, 4.69) is 0 Å². The van der Waals surface area contributed by atoms with Crippen LogP contribution in [0.2, 0.25) is 0 Å². The first-order valence-corrected chi connectivity index (χ1v) is 3.17. The van der Waals surface area contributed by atoms with Gasteiger partial charge in [-0.1, -0.05) is 0 Å². The Balaban J connectivity index is 3.70. The highest BCUT2D eigenvalue weighted by molar-refractivity contribution is 5.64. The minimum Gasteiger partial charge on any atom is -0.465 e. The molecule has 0 aliphatic rings. The van der Waals surface area contributed by atoms with Gasteiger partial charge < -0.3 is 15.5 Å². The van der Waals surface area contributed by atoms with Crippen molar-refractivity contribution in [1.82, 2.24) is 5.32 Å². The maximum absolute atomic E-state index is 12.7. The number of carbonyl (C=O) groups is 1. The molecular weight excluding hydrogens is 153 g/mol. The zero-order chi connectivity index (χ0) is 9.07. The van der Waals surface area contributed by atoms with E-state index in [0.29, 0.717) is 0 Å². The van der Waals surface area contributed by atoms with Crippen molar-refractivity contribution in [2.24, 2.45) is 0 Å². The highest BCUT2D eigenvalue weighted by Crippen LogP contribution is 2.10. The lowest BCUT2D eigenvalue weighted by Gasteiger charge is -2.21. The molecule has 0 fully saturated rings. The van der Waals surface area contributed by atoms with Crippen molar-refractivity contribution in [1.29, 1.82) is 0 Å². The van der Waals surface area contributed by atoms with E-state index in [0.717, 1.165) is 0 Å². The fraction of sp³-hybridized carbons (Fsp3) is 0.833. The molecule has 0 aromatic heterocycles. The van der Waals surface area contributed by atoms with Crippen LogP contribution in [0.4, 0.5) is 9.18 Å². The molecule has 0 aliphatic heterocycles. The van der Waals surface area contributed by atoms with Crippen molar-refractivity contribution < 1.29 is 19.4 Å². The Morgan fingerprint density at radius 2 is 2.18 bits per heavy atom. The van der Waals surface area contributed by atoms with Gasteiger partial charge in [-0.3, -0.25) is 0 Å². The first-order chi connectivity index (χ1) is 4.84. The highest BCUT2D eigenvalue weighted by atomic mass is 19.1. The molecule has 3 N–H and O–H groups in total. The van der Waals surface area contributed by atoms with E-state index in [1.807, 2.05) is 5.32 Å². The number of rotatable bonds is 3. The lowest BCUT2D eigenvalue weighted by Crippen LogP contribution is -2.41. The summed E-state index contributed by atoms with van der Waals surface area (Å²) in [5.74, 6) is 0. The monoisotopic (exact) mass is 165 g/mol.